The van der Waals surface area contributed by atoms with Crippen molar-refractivity contribution in [1.82, 2.24) is 9.88 Å². The Morgan fingerprint density at radius 3 is 2.89 bits per heavy atom. The molecule has 2 atom stereocenters. The first kappa shape index (κ1) is 11.3. The summed E-state index contributed by atoms with van der Waals surface area (Å²) in [6.07, 6.45) is 0.565. The lowest BCUT2D eigenvalue weighted by atomic mass is 9.93. The number of benzene rings is 1. The molecular weight excluding hydrogens is 228 g/mol. The van der Waals surface area contributed by atoms with Gasteiger partial charge in [-0.15, -0.1) is 0 Å². The number of fused-ring (bicyclic) bond motifs is 3. The van der Waals surface area contributed by atoms with Crippen LogP contribution in [0.3, 0.4) is 0 Å². The molecule has 0 bridgehead atoms. The van der Waals surface area contributed by atoms with Gasteiger partial charge in [0.1, 0.15) is 6.04 Å². The highest BCUT2D eigenvalue weighted by Gasteiger charge is 2.35. The third kappa shape index (κ3) is 1.46. The van der Waals surface area contributed by atoms with E-state index in [9.17, 15) is 9.90 Å². The maximum absolute atomic E-state index is 11.3. The summed E-state index contributed by atoms with van der Waals surface area (Å²) in [7, 11) is 1.87. The monoisotopic (exact) mass is 244 g/mol. The van der Waals surface area contributed by atoms with Gasteiger partial charge in [0, 0.05) is 29.1 Å². The number of aromatic nitrogens is 1. The van der Waals surface area contributed by atoms with Gasteiger partial charge in [-0.3, -0.25) is 9.69 Å². The van der Waals surface area contributed by atoms with Crippen LogP contribution in [0.1, 0.15) is 24.2 Å². The number of likely N-dealkylation sites (N-methyl/N-ethyl adjacent to an activating group) is 1. The molecule has 0 unspecified atom stereocenters. The first-order valence-corrected chi connectivity index (χ1v) is 6.14. The van der Waals surface area contributed by atoms with E-state index in [-0.39, 0.29) is 6.04 Å². The number of hydrogen-bond acceptors (Lipinski definition) is 2. The number of hydrogen-bond donors (Lipinski definition) is 2. The van der Waals surface area contributed by atoms with E-state index in [0.29, 0.717) is 6.42 Å². The third-order valence-electron chi connectivity index (χ3n) is 4.05. The van der Waals surface area contributed by atoms with Gasteiger partial charge in [0.15, 0.2) is 0 Å². The van der Waals surface area contributed by atoms with Crippen molar-refractivity contribution in [3.05, 3.63) is 35.5 Å². The average molecular weight is 244 g/mol. The molecule has 2 N–H and O–H groups in total. The summed E-state index contributed by atoms with van der Waals surface area (Å²) in [6, 6.07) is 7.74. The molecular formula is C14H16N2O2. The molecule has 0 aliphatic carbocycles. The molecule has 1 aromatic carbocycles. The highest BCUT2D eigenvalue weighted by atomic mass is 16.4. The van der Waals surface area contributed by atoms with E-state index in [4.69, 9.17) is 0 Å². The van der Waals surface area contributed by atoms with Gasteiger partial charge >= 0.3 is 5.97 Å². The molecule has 1 aliphatic heterocycles. The standard InChI is InChI=1S/C14H16N2O2/c1-8-13-10(7-12(14(17)18)16(8)2)9-5-3-4-6-11(9)15-13/h3-6,8,12,15H,7H2,1-2H3,(H,17,18)/t8-,12-/m0/s1. The Kier molecular flexibility index (Phi) is 2.41. The first-order valence-electron chi connectivity index (χ1n) is 6.14. The predicted molar refractivity (Wildman–Crippen MR) is 69.6 cm³/mol. The Morgan fingerprint density at radius 1 is 1.44 bits per heavy atom. The largest absolute Gasteiger partial charge is 0.480 e. The third-order valence-corrected chi connectivity index (χ3v) is 4.05. The summed E-state index contributed by atoms with van der Waals surface area (Å²) in [4.78, 5) is 16.7. The molecule has 0 fully saturated rings. The van der Waals surface area contributed by atoms with Crippen molar-refractivity contribution >= 4 is 16.9 Å². The predicted octanol–water partition coefficient (Wildman–Crippen LogP) is 2.17. The number of aromatic amines is 1. The van der Waals surface area contributed by atoms with Crippen LogP contribution in [0.5, 0.6) is 0 Å². The lowest BCUT2D eigenvalue weighted by Crippen LogP contribution is -2.44. The van der Waals surface area contributed by atoms with Crippen molar-refractivity contribution in [2.75, 3.05) is 7.05 Å². The van der Waals surface area contributed by atoms with E-state index in [0.717, 1.165) is 22.2 Å². The summed E-state index contributed by atoms with van der Waals surface area (Å²) in [6.45, 7) is 2.04. The topological polar surface area (TPSA) is 56.3 Å². The minimum Gasteiger partial charge on any atom is -0.480 e. The average Bonchev–Trinajstić information content (AvgIpc) is 2.72. The van der Waals surface area contributed by atoms with Crippen LogP contribution in [-0.2, 0) is 11.2 Å². The zero-order chi connectivity index (χ0) is 12.9. The second-order valence-corrected chi connectivity index (χ2v) is 4.96. The molecule has 0 radical (unpaired) electrons. The fraction of sp³-hybridized carbons (Fsp3) is 0.357. The van der Waals surface area contributed by atoms with Gasteiger partial charge in [0.25, 0.3) is 0 Å². The Labute approximate surface area is 105 Å². The second-order valence-electron chi connectivity index (χ2n) is 4.96. The van der Waals surface area contributed by atoms with Crippen LogP contribution in [-0.4, -0.2) is 34.0 Å². The van der Waals surface area contributed by atoms with Crippen LogP contribution in [0.15, 0.2) is 24.3 Å². The molecule has 94 valence electrons. The normalized spacial score (nSPS) is 24.1. The Balaban J connectivity index is 2.19. The van der Waals surface area contributed by atoms with E-state index in [1.54, 1.807) is 0 Å². The minimum atomic E-state index is -0.750. The fourth-order valence-electron chi connectivity index (χ4n) is 2.87. The number of nitrogens with zero attached hydrogens (tertiary/aromatic N) is 1. The Bertz CT molecular complexity index is 617. The lowest BCUT2D eigenvalue weighted by Gasteiger charge is -2.35. The highest BCUT2D eigenvalue weighted by molar-refractivity contribution is 5.86. The van der Waals surface area contributed by atoms with E-state index in [1.165, 1.54) is 0 Å². The molecule has 4 nitrogen and oxygen atoms in total. The Morgan fingerprint density at radius 2 is 2.17 bits per heavy atom. The van der Waals surface area contributed by atoms with E-state index < -0.39 is 12.0 Å². The van der Waals surface area contributed by atoms with Crippen LogP contribution in [0.2, 0.25) is 0 Å². The number of H-pyrrole nitrogens is 1. The number of carboxylic acid groups (broad SMARTS) is 1. The zero-order valence-electron chi connectivity index (χ0n) is 10.5. The van der Waals surface area contributed by atoms with Crippen LogP contribution >= 0.6 is 0 Å². The summed E-state index contributed by atoms with van der Waals surface area (Å²) in [5.41, 5.74) is 3.40. The van der Waals surface area contributed by atoms with Gasteiger partial charge in [-0.25, -0.2) is 0 Å². The molecule has 3 rings (SSSR count). The number of carboxylic acids is 1. The van der Waals surface area contributed by atoms with Crippen molar-refractivity contribution in [2.24, 2.45) is 0 Å². The van der Waals surface area contributed by atoms with Crippen molar-refractivity contribution in [3.8, 4) is 0 Å². The molecule has 0 amide bonds. The summed E-state index contributed by atoms with van der Waals surface area (Å²) < 4.78 is 0. The van der Waals surface area contributed by atoms with E-state index in [2.05, 4.69) is 11.1 Å². The van der Waals surface area contributed by atoms with Gasteiger partial charge in [0.05, 0.1) is 0 Å². The van der Waals surface area contributed by atoms with E-state index in [1.807, 2.05) is 37.1 Å². The number of para-hydroxylation sites is 1. The minimum absolute atomic E-state index is 0.0993. The lowest BCUT2D eigenvalue weighted by molar-refractivity contribution is -0.144. The molecule has 4 heteroatoms. The quantitative estimate of drug-likeness (QED) is 0.808. The van der Waals surface area contributed by atoms with Crippen molar-refractivity contribution in [2.45, 2.75) is 25.4 Å². The highest BCUT2D eigenvalue weighted by Crippen LogP contribution is 2.35. The van der Waals surface area contributed by atoms with Gasteiger partial charge < -0.3 is 10.1 Å². The van der Waals surface area contributed by atoms with Crippen molar-refractivity contribution in [3.63, 3.8) is 0 Å². The summed E-state index contributed by atoms with van der Waals surface area (Å²) >= 11 is 0. The molecule has 1 aromatic heterocycles. The molecule has 2 aromatic rings. The molecule has 0 saturated heterocycles. The molecule has 0 saturated carbocycles. The van der Waals surface area contributed by atoms with Gasteiger partial charge in [-0.2, -0.15) is 0 Å². The van der Waals surface area contributed by atoms with Gasteiger partial charge in [-0.1, -0.05) is 18.2 Å². The van der Waals surface area contributed by atoms with Crippen LogP contribution in [0.25, 0.3) is 10.9 Å². The summed E-state index contributed by atoms with van der Waals surface area (Å²) in [5, 5.41) is 10.5. The Hall–Kier alpha value is -1.81. The van der Waals surface area contributed by atoms with Crippen molar-refractivity contribution < 1.29 is 9.90 Å². The second kappa shape index (κ2) is 3.85. The van der Waals surface area contributed by atoms with Gasteiger partial charge in [-0.05, 0) is 25.6 Å². The number of carbonyl (C=O) groups is 1. The smallest absolute Gasteiger partial charge is 0.321 e. The molecule has 18 heavy (non-hydrogen) atoms. The number of aliphatic carboxylic acids is 1. The number of rotatable bonds is 1. The van der Waals surface area contributed by atoms with Gasteiger partial charge in [0.2, 0.25) is 0 Å². The van der Waals surface area contributed by atoms with Crippen LogP contribution in [0, 0.1) is 0 Å². The molecule has 2 heterocycles. The maximum Gasteiger partial charge on any atom is 0.321 e. The van der Waals surface area contributed by atoms with Crippen LogP contribution < -0.4 is 0 Å². The number of nitrogens with one attached hydrogen (secondary N) is 1. The fourth-order valence-corrected chi connectivity index (χ4v) is 2.87. The molecule has 0 spiro atoms. The SMILES string of the molecule is C[C@H]1c2[nH]c3ccccc3c2C[C@@H](C(=O)O)N1C. The van der Waals surface area contributed by atoms with E-state index >= 15 is 0 Å². The maximum atomic E-state index is 11.3. The first-order chi connectivity index (χ1) is 8.59. The van der Waals surface area contributed by atoms with Crippen LogP contribution in [0.4, 0.5) is 0 Å². The molecule has 1 aliphatic rings. The summed E-state index contributed by atoms with van der Waals surface area (Å²) in [5.74, 6) is -0.750. The zero-order valence-corrected chi connectivity index (χ0v) is 10.5. The van der Waals surface area contributed by atoms with Crippen molar-refractivity contribution in [1.29, 1.82) is 0 Å².